The highest BCUT2D eigenvalue weighted by Gasteiger charge is 2.51. The quantitative estimate of drug-likeness (QED) is 0.878. The fraction of sp³-hybridized carbons (Fsp3) is 0.650. The third kappa shape index (κ3) is 3.48. The Morgan fingerprint density at radius 3 is 2.21 bits per heavy atom. The predicted octanol–water partition coefficient (Wildman–Crippen LogP) is 3.86. The molecule has 130 valence electrons. The molecule has 0 radical (unpaired) electrons. The van der Waals surface area contributed by atoms with E-state index in [1.54, 1.807) is 0 Å². The molecule has 4 saturated carbocycles. The maximum atomic E-state index is 12.6. The van der Waals surface area contributed by atoms with E-state index in [1.165, 1.54) is 44.1 Å². The second-order valence-electron chi connectivity index (χ2n) is 8.54. The molecule has 0 aliphatic heterocycles. The Hall–Kier alpha value is -1.06. The average Bonchev–Trinajstić information content (AvgIpc) is 2.47. The number of nitrogens with one attached hydrogen (secondary N) is 1. The SMILES string of the molecule is CN(CC(=O)NC12CC3CC(CC(C3)C1)C2)Cc1ccc(Cl)cc1. The van der Waals surface area contributed by atoms with Crippen molar-refractivity contribution in [3.63, 3.8) is 0 Å². The number of hydrogen-bond acceptors (Lipinski definition) is 2. The summed E-state index contributed by atoms with van der Waals surface area (Å²) in [4.78, 5) is 14.7. The Kier molecular flexibility index (Phi) is 4.34. The summed E-state index contributed by atoms with van der Waals surface area (Å²) in [5, 5.41) is 4.20. The number of rotatable bonds is 5. The molecule has 0 atom stereocenters. The van der Waals surface area contributed by atoms with Crippen molar-refractivity contribution in [2.24, 2.45) is 17.8 Å². The maximum Gasteiger partial charge on any atom is 0.234 e. The molecule has 0 unspecified atom stereocenters. The highest BCUT2D eigenvalue weighted by molar-refractivity contribution is 6.30. The third-order valence-corrected chi connectivity index (χ3v) is 6.47. The van der Waals surface area contributed by atoms with Gasteiger partial charge >= 0.3 is 0 Å². The van der Waals surface area contributed by atoms with Crippen molar-refractivity contribution in [2.45, 2.75) is 50.6 Å². The fourth-order valence-corrected chi connectivity index (χ4v) is 5.93. The lowest BCUT2D eigenvalue weighted by Crippen LogP contribution is -2.60. The van der Waals surface area contributed by atoms with Crippen molar-refractivity contribution in [2.75, 3.05) is 13.6 Å². The summed E-state index contributed by atoms with van der Waals surface area (Å²) >= 11 is 5.93. The zero-order chi connectivity index (χ0) is 16.7. The molecule has 24 heavy (non-hydrogen) atoms. The molecular formula is C20H27ClN2O. The molecule has 4 aliphatic carbocycles. The van der Waals surface area contributed by atoms with E-state index in [4.69, 9.17) is 11.6 Å². The van der Waals surface area contributed by atoms with Crippen LogP contribution in [0.15, 0.2) is 24.3 Å². The number of nitrogens with zero attached hydrogens (tertiary/aromatic N) is 1. The summed E-state index contributed by atoms with van der Waals surface area (Å²) in [6, 6.07) is 7.85. The van der Waals surface area contributed by atoms with Crippen LogP contribution in [-0.2, 0) is 11.3 Å². The van der Waals surface area contributed by atoms with Crippen LogP contribution in [-0.4, -0.2) is 29.9 Å². The van der Waals surface area contributed by atoms with Crippen molar-refractivity contribution in [1.29, 1.82) is 0 Å². The lowest BCUT2D eigenvalue weighted by molar-refractivity contribution is -0.127. The zero-order valence-corrected chi connectivity index (χ0v) is 15.2. The Morgan fingerprint density at radius 2 is 1.67 bits per heavy atom. The first-order valence-corrected chi connectivity index (χ1v) is 9.61. The standard InChI is InChI=1S/C20H27ClN2O/c1-23(12-14-2-4-18(21)5-3-14)13-19(24)22-20-9-15-6-16(10-20)8-17(7-15)11-20/h2-5,15-17H,6-13H2,1H3,(H,22,24). The van der Waals surface area contributed by atoms with Crippen LogP contribution in [0.5, 0.6) is 0 Å². The van der Waals surface area contributed by atoms with Crippen molar-refractivity contribution >= 4 is 17.5 Å². The van der Waals surface area contributed by atoms with Crippen molar-refractivity contribution < 1.29 is 4.79 Å². The first-order valence-electron chi connectivity index (χ1n) is 9.24. The van der Waals surface area contributed by atoms with Crippen LogP contribution in [0.2, 0.25) is 5.02 Å². The van der Waals surface area contributed by atoms with Crippen molar-refractivity contribution in [3.05, 3.63) is 34.9 Å². The molecule has 0 aromatic heterocycles. The third-order valence-electron chi connectivity index (χ3n) is 6.22. The fourth-order valence-electron chi connectivity index (χ4n) is 5.80. The van der Waals surface area contributed by atoms with Gasteiger partial charge in [0, 0.05) is 17.1 Å². The van der Waals surface area contributed by atoms with Gasteiger partial charge in [-0.25, -0.2) is 0 Å². The van der Waals surface area contributed by atoms with Gasteiger partial charge in [-0.05, 0) is 81.0 Å². The van der Waals surface area contributed by atoms with Gasteiger partial charge in [0.15, 0.2) is 0 Å². The molecule has 0 saturated heterocycles. The van der Waals surface area contributed by atoms with Gasteiger partial charge in [-0.15, -0.1) is 0 Å². The first-order chi connectivity index (χ1) is 11.5. The predicted molar refractivity (Wildman–Crippen MR) is 96.8 cm³/mol. The summed E-state index contributed by atoms with van der Waals surface area (Å²) in [5.41, 5.74) is 1.30. The van der Waals surface area contributed by atoms with Crippen LogP contribution < -0.4 is 5.32 Å². The minimum absolute atomic E-state index is 0.118. The molecule has 4 fully saturated rings. The summed E-state index contributed by atoms with van der Waals surface area (Å²) in [5.74, 6) is 2.78. The van der Waals surface area contributed by atoms with Gasteiger partial charge in [-0.3, -0.25) is 9.69 Å². The molecule has 0 spiro atoms. The highest BCUT2D eigenvalue weighted by Crippen LogP contribution is 2.55. The van der Waals surface area contributed by atoms with E-state index in [0.29, 0.717) is 6.54 Å². The molecule has 4 aliphatic rings. The van der Waals surface area contributed by atoms with Gasteiger partial charge in [-0.2, -0.15) is 0 Å². The topological polar surface area (TPSA) is 32.3 Å². The number of hydrogen-bond donors (Lipinski definition) is 1. The van der Waals surface area contributed by atoms with Gasteiger partial charge in [0.05, 0.1) is 6.54 Å². The minimum Gasteiger partial charge on any atom is -0.350 e. The minimum atomic E-state index is 0.118. The smallest absolute Gasteiger partial charge is 0.234 e. The first kappa shape index (κ1) is 16.4. The van der Waals surface area contributed by atoms with Crippen LogP contribution in [0.1, 0.15) is 44.1 Å². The zero-order valence-electron chi connectivity index (χ0n) is 14.4. The summed E-state index contributed by atoms with van der Waals surface area (Å²) in [6.45, 7) is 1.23. The lowest BCUT2D eigenvalue weighted by Gasteiger charge is -2.57. The van der Waals surface area contributed by atoms with E-state index in [9.17, 15) is 4.79 Å². The number of halogens is 1. The summed E-state index contributed by atoms with van der Waals surface area (Å²) in [6.07, 6.45) is 7.87. The Bertz CT molecular complexity index is 577. The monoisotopic (exact) mass is 346 g/mol. The van der Waals surface area contributed by atoms with Crippen LogP contribution in [0, 0.1) is 17.8 Å². The Labute approximate surface area is 149 Å². The molecule has 4 bridgehead atoms. The number of carbonyl (C=O) groups excluding carboxylic acids is 1. The van der Waals surface area contributed by atoms with E-state index < -0.39 is 0 Å². The highest BCUT2D eigenvalue weighted by atomic mass is 35.5. The normalized spacial score (nSPS) is 33.9. The summed E-state index contributed by atoms with van der Waals surface area (Å²) in [7, 11) is 2.01. The summed E-state index contributed by atoms with van der Waals surface area (Å²) < 4.78 is 0. The second-order valence-corrected chi connectivity index (χ2v) is 8.98. The van der Waals surface area contributed by atoms with E-state index in [0.717, 1.165) is 29.3 Å². The number of likely N-dealkylation sites (N-methyl/N-ethyl adjacent to an activating group) is 1. The molecular weight excluding hydrogens is 320 g/mol. The van der Waals surface area contributed by atoms with E-state index in [2.05, 4.69) is 10.2 Å². The molecule has 1 amide bonds. The molecule has 4 heteroatoms. The lowest BCUT2D eigenvalue weighted by atomic mass is 9.53. The maximum absolute atomic E-state index is 12.6. The molecule has 1 N–H and O–H groups in total. The Morgan fingerprint density at radius 1 is 1.12 bits per heavy atom. The van der Waals surface area contributed by atoms with Gasteiger partial charge in [-0.1, -0.05) is 23.7 Å². The van der Waals surface area contributed by atoms with Crippen LogP contribution in [0.25, 0.3) is 0 Å². The largest absolute Gasteiger partial charge is 0.350 e. The van der Waals surface area contributed by atoms with E-state index in [1.807, 2.05) is 31.3 Å². The molecule has 1 aromatic rings. The molecule has 0 heterocycles. The molecule has 3 nitrogen and oxygen atoms in total. The van der Waals surface area contributed by atoms with Crippen molar-refractivity contribution in [1.82, 2.24) is 10.2 Å². The Balaban J connectivity index is 1.32. The van der Waals surface area contributed by atoms with Gasteiger partial charge < -0.3 is 5.32 Å². The van der Waals surface area contributed by atoms with E-state index in [-0.39, 0.29) is 11.4 Å². The van der Waals surface area contributed by atoms with Crippen molar-refractivity contribution in [3.8, 4) is 0 Å². The second kappa shape index (κ2) is 6.34. The number of carbonyl (C=O) groups is 1. The van der Waals surface area contributed by atoms with Gasteiger partial charge in [0.1, 0.15) is 0 Å². The molecule has 5 rings (SSSR count). The van der Waals surface area contributed by atoms with E-state index >= 15 is 0 Å². The molecule has 1 aromatic carbocycles. The number of benzene rings is 1. The van der Waals surface area contributed by atoms with Crippen LogP contribution in [0.4, 0.5) is 0 Å². The van der Waals surface area contributed by atoms with Crippen LogP contribution >= 0.6 is 11.6 Å². The number of amides is 1. The van der Waals surface area contributed by atoms with Gasteiger partial charge in [0.2, 0.25) is 5.91 Å². The van der Waals surface area contributed by atoms with Gasteiger partial charge in [0.25, 0.3) is 0 Å². The average molecular weight is 347 g/mol. The van der Waals surface area contributed by atoms with Crippen LogP contribution in [0.3, 0.4) is 0 Å².